The molecule has 2 rings (SSSR count). The number of benzene rings is 1. The summed E-state index contributed by atoms with van der Waals surface area (Å²) in [6.45, 7) is 5.16. The van der Waals surface area contributed by atoms with Crippen LogP contribution in [-0.4, -0.2) is 13.7 Å². The van der Waals surface area contributed by atoms with Gasteiger partial charge in [-0.25, -0.2) is 0 Å². The molecule has 1 unspecified atom stereocenters. The predicted molar refractivity (Wildman–Crippen MR) is 89.9 cm³/mol. The number of nitrogens with one attached hydrogen (secondary N) is 1. The van der Waals surface area contributed by atoms with E-state index in [0.29, 0.717) is 0 Å². The highest BCUT2D eigenvalue weighted by molar-refractivity contribution is 9.10. The monoisotopic (exact) mass is 353 g/mol. The molecule has 1 aromatic carbocycles. The van der Waals surface area contributed by atoms with Crippen molar-refractivity contribution in [3.05, 3.63) is 50.1 Å². The van der Waals surface area contributed by atoms with Crippen LogP contribution in [0.15, 0.2) is 34.1 Å². The van der Waals surface area contributed by atoms with Gasteiger partial charge in [-0.05, 0) is 52.5 Å². The molecule has 0 aliphatic heterocycles. The van der Waals surface area contributed by atoms with E-state index in [1.807, 2.05) is 0 Å². The van der Waals surface area contributed by atoms with Gasteiger partial charge in [-0.2, -0.15) is 0 Å². The number of rotatable bonds is 6. The summed E-state index contributed by atoms with van der Waals surface area (Å²) in [5, 5.41) is 5.68. The van der Waals surface area contributed by atoms with Crippen molar-refractivity contribution in [2.24, 2.45) is 0 Å². The SMILES string of the molecule is CCNC(Cc1sccc1Br)c1ccc(C)cc1OC. The minimum atomic E-state index is 0.269. The molecule has 0 amide bonds. The number of hydrogen-bond donors (Lipinski definition) is 1. The van der Waals surface area contributed by atoms with Crippen molar-refractivity contribution in [3.63, 3.8) is 0 Å². The molecular weight excluding hydrogens is 334 g/mol. The Hall–Kier alpha value is -0.840. The Bertz CT molecular complexity index is 567. The fourth-order valence-electron chi connectivity index (χ4n) is 2.30. The smallest absolute Gasteiger partial charge is 0.123 e. The summed E-state index contributed by atoms with van der Waals surface area (Å²) in [6.07, 6.45) is 0.964. The van der Waals surface area contributed by atoms with Crippen LogP contribution in [0.1, 0.15) is 29.0 Å². The second-order valence-corrected chi connectivity index (χ2v) is 6.61. The number of methoxy groups -OCH3 is 1. The first-order chi connectivity index (χ1) is 9.65. The van der Waals surface area contributed by atoms with E-state index in [-0.39, 0.29) is 6.04 Å². The van der Waals surface area contributed by atoms with Gasteiger partial charge in [0.05, 0.1) is 7.11 Å². The summed E-state index contributed by atoms with van der Waals surface area (Å²) < 4.78 is 6.75. The Morgan fingerprint density at radius 1 is 1.35 bits per heavy atom. The normalized spacial score (nSPS) is 12.4. The average molecular weight is 354 g/mol. The molecule has 20 heavy (non-hydrogen) atoms. The number of aryl methyl sites for hydroxylation is 1. The maximum Gasteiger partial charge on any atom is 0.123 e. The van der Waals surface area contributed by atoms with Crippen molar-refractivity contribution < 1.29 is 4.74 Å². The van der Waals surface area contributed by atoms with E-state index in [0.717, 1.165) is 18.7 Å². The number of thiophene rings is 1. The quantitative estimate of drug-likeness (QED) is 0.810. The van der Waals surface area contributed by atoms with E-state index < -0.39 is 0 Å². The van der Waals surface area contributed by atoms with Crippen molar-refractivity contribution in [1.29, 1.82) is 0 Å². The van der Waals surface area contributed by atoms with Crippen LogP contribution in [0.4, 0.5) is 0 Å². The molecule has 1 atom stereocenters. The number of ether oxygens (including phenoxy) is 1. The highest BCUT2D eigenvalue weighted by Gasteiger charge is 2.17. The van der Waals surface area contributed by atoms with Crippen LogP contribution >= 0.6 is 27.3 Å². The summed E-state index contributed by atoms with van der Waals surface area (Å²) in [7, 11) is 1.74. The summed E-state index contributed by atoms with van der Waals surface area (Å²) in [5.74, 6) is 0.962. The molecule has 0 spiro atoms. The Labute approximate surface area is 133 Å². The van der Waals surface area contributed by atoms with Crippen molar-refractivity contribution in [2.75, 3.05) is 13.7 Å². The first-order valence-electron chi connectivity index (χ1n) is 6.75. The zero-order chi connectivity index (χ0) is 14.5. The van der Waals surface area contributed by atoms with E-state index in [4.69, 9.17) is 4.74 Å². The van der Waals surface area contributed by atoms with Crippen molar-refractivity contribution in [2.45, 2.75) is 26.3 Å². The number of likely N-dealkylation sites (N-methyl/N-ethyl adjacent to an activating group) is 1. The lowest BCUT2D eigenvalue weighted by Gasteiger charge is -2.21. The van der Waals surface area contributed by atoms with Crippen LogP contribution < -0.4 is 10.1 Å². The van der Waals surface area contributed by atoms with E-state index >= 15 is 0 Å². The van der Waals surface area contributed by atoms with Crippen LogP contribution in [0, 0.1) is 6.92 Å². The molecule has 0 aliphatic rings. The molecule has 0 fully saturated rings. The lowest BCUT2D eigenvalue weighted by molar-refractivity contribution is 0.399. The molecule has 0 saturated heterocycles. The highest BCUT2D eigenvalue weighted by atomic mass is 79.9. The summed E-state index contributed by atoms with van der Waals surface area (Å²) >= 11 is 5.40. The largest absolute Gasteiger partial charge is 0.496 e. The van der Waals surface area contributed by atoms with Gasteiger partial charge < -0.3 is 10.1 Å². The van der Waals surface area contributed by atoms with Gasteiger partial charge >= 0.3 is 0 Å². The van der Waals surface area contributed by atoms with Gasteiger partial charge in [0.1, 0.15) is 5.75 Å². The molecular formula is C16H20BrNOS. The molecule has 1 heterocycles. The number of halogens is 1. The van der Waals surface area contributed by atoms with Crippen LogP contribution in [0.5, 0.6) is 5.75 Å². The number of hydrogen-bond acceptors (Lipinski definition) is 3. The summed E-state index contributed by atoms with van der Waals surface area (Å²) in [4.78, 5) is 1.36. The third-order valence-electron chi connectivity index (χ3n) is 3.30. The summed E-state index contributed by atoms with van der Waals surface area (Å²) in [6, 6.07) is 8.79. The van der Waals surface area contributed by atoms with Crippen LogP contribution in [-0.2, 0) is 6.42 Å². The van der Waals surface area contributed by atoms with Gasteiger partial charge in [-0.1, -0.05) is 19.1 Å². The molecule has 108 valence electrons. The molecule has 1 aromatic heterocycles. The fourth-order valence-corrected chi connectivity index (χ4v) is 3.86. The van der Waals surface area contributed by atoms with E-state index in [1.165, 1.54) is 20.5 Å². The van der Waals surface area contributed by atoms with E-state index in [9.17, 15) is 0 Å². The maximum atomic E-state index is 5.55. The van der Waals surface area contributed by atoms with Gasteiger partial charge in [0.15, 0.2) is 0 Å². The molecule has 0 aliphatic carbocycles. The van der Waals surface area contributed by atoms with Crippen LogP contribution in [0.3, 0.4) is 0 Å². The van der Waals surface area contributed by atoms with Crippen molar-refractivity contribution in [3.8, 4) is 5.75 Å². The van der Waals surface area contributed by atoms with Gasteiger partial charge in [0, 0.05) is 27.4 Å². The third kappa shape index (κ3) is 3.62. The lowest BCUT2D eigenvalue weighted by Crippen LogP contribution is -2.23. The topological polar surface area (TPSA) is 21.3 Å². The standard InChI is InChI=1S/C16H20BrNOS/c1-4-18-14(10-16-13(17)7-8-20-16)12-6-5-11(2)9-15(12)19-3/h5-9,14,18H,4,10H2,1-3H3. The van der Waals surface area contributed by atoms with Crippen LogP contribution in [0.25, 0.3) is 0 Å². The van der Waals surface area contributed by atoms with Crippen LogP contribution in [0.2, 0.25) is 0 Å². The third-order valence-corrected chi connectivity index (χ3v) is 5.24. The predicted octanol–water partition coefficient (Wildman–Crippen LogP) is 4.72. The van der Waals surface area contributed by atoms with Gasteiger partial charge in [-0.15, -0.1) is 11.3 Å². The van der Waals surface area contributed by atoms with Crippen molar-refractivity contribution in [1.82, 2.24) is 5.32 Å². The molecule has 0 radical (unpaired) electrons. The molecule has 0 bridgehead atoms. The first kappa shape index (κ1) is 15.5. The first-order valence-corrected chi connectivity index (χ1v) is 8.42. The molecule has 2 aromatic rings. The summed E-state index contributed by atoms with van der Waals surface area (Å²) in [5.41, 5.74) is 2.44. The molecule has 4 heteroatoms. The Morgan fingerprint density at radius 3 is 2.75 bits per heavy atom. The Morgan fingerprint density at radius 2 is 2.15 bits per heavy atom. The zero-order valence-corrected chi connectivity index (χ0v) is 14.5. The second-order valence-electron chi connectivity index (χ2n) is 4.75. The highest BCUT2D eigenvalue weighted by Crippen LogP contribution is 2.32. The minimum absolute atomic E-state index is 0.269. The van der Waals surface area contributed by atoms with Crippen molar-refractivity contribution >= 4 is 27.3 Å². The Balaban J connectivity index is 2.30. The zero-order valence-electron chi connectivity index (χ0n) is 12.1. The molecule has 2 nitrogen and oxygen atoms in total. The molecule has 1 N–H and O–H groups in total. The average Bonchev–Trinajstić information content (AvgIpc) is 2.84. The minimum Gasteiger partial charge on any atom is -0.496 e. The maximum absolute atomic E-state index is 5.55. The van der Waals surface area contributed by atoms with E-state index in [2.05, 4.69) is 64.7 Å². The van der Waals surface area contributed by atoms with E-state index in [1.54, 1.807) is 18.4 Å². The fraction of sp³-hybridized carbons (Fsp3) is 0.375. The Kier molecular flexibility index (Phi) is 5.64. The van der Waals surface area contributed by atoms with Gasteiger partial charge in [-0.3, -0.25) is 0 Å². The lowest BCUT2D eigenvalue weighted by atomic mass is 10.00. The van der Waals surface area contributed by atoms with Gasteiger partial charge in [0.2, 0.25) is 0 Å². The van der Waals surface area contributed by atoms with Gasteiger partial charge in [0.25, 0.3) is 0 Å². The second kappa shape index (κ2) is 7.25. The molecule has 0 saturated carbocycles.